The first kappa shape index (κ1) is 17.4. The van der Waals surface area contributed by atoms with Gasteiger partial charge in [0.2, 0.25) is 0 Å². The first-order valence-electron chi connectivity index (χ1n) is 7.87. The second kappa shape index (κ2) is 8.63. The smallest absolute Gasteiger partial charge is 0.159 e. The van der Waals surface area contributed by atoms with Crippen molar-refractivity contribution in [1.29, 1.82) is 0 Å². The molecule has 23 heavy (non-hydrogen) atoms. The zero-order valence-electron chi connectivity index (χ0n) is 14.0. The van der Waals surface area contributed by atoms with Gasteiger partial charge in [-0.1, -0.05) is 49.9 Å². The van der Waals surface area contributed by atoms with Crippen molar-refractivity contribution in [3.8, 4) is 5.75 Å². The molecule has 0 aliphatic carbocycles. The topological polar surface area (TPSA) is 47.6 Å². The van der Waals surface area contributed by atoms with Crippen LogP contribution in [0.1, 0.15) is 37.8 Å². The molecule has 0 saturated heterocycles. The molecule has 0 fully saturated rings. The lowest BCUT2D eigenvalue weighted by molar-refractivity contribution is 0.340. The van der Waals surface area contributed by atoms with E-state index in [4.69, 9.17) is 10.5 Å². The maximum Gasteiger partial charge on any atom is 0.159 e. The van der Waals surface area contributed by atoms with Crippen LogP contribution in [-0.4, -0.2) is 11.8 Å². The normalized spacial score (nSPS) is 11.7. The van der Waals surface area contributed by atoms with Gasteiger partial charge >= 0.3 is 0 Å². The van der Waals surface area contributed by atoms with Crippen molar-refractivity contribution in [1.82, 2.24) is 0 Å². The van der Waals surface area contributed by atoms with Gasteiger partial charge in [0.1, 0.15) is 5.75 Å². The lowest BCUT2D eigenvalue weighted by atomic mass is 10.0. The quantitative estimate of drug-likeness (QED) is 0.593. The Bertz CT molecular complexity index is 633. The molecule has 3 nitrogen and oxygen atoms in total. The van der Waals surface area contributed by atoms with Gasteiger partial charge in [-0.2, -0.15) is 0 Å². The third-order valence-corrected chi connectivity index (χ3v) is 4.28. The number of benzene rings is 2. The molecule has 0 aliphatic heterocycles. The Balaban J connectivity index is 1.91. The van der Waals surface area contributed by atoms with E-state index in [1.807, 2.05) is 31.2 Å². The SMILES string of the molecule is CCOc1ccc(N=C(N)SCc2ccc(C(C)C)cc2)cc1. The first-order chi connectivity index (χ1) is 11.1. The van der Waals surface area contributed by atoms with Crippen LogP contribution in [0.3, 0.4) is 0 Å². The van der Waals surface area contributed by atoms with Crippen molar-refractivity contribution in [2.24, 2.45) is 10.7 Å². The third kappa shape index (κ3) is 5.64. The molecular weight excluding hydrogens is 304 g/mol. The van der Waals surface area contributed by atoms with Gasteiger partial charge in [0.25, 0.3) is 0 Å². The van der Waals surface area contributed by atoms with Crippen molar-refractivity contribution in [2.75, 3.05) is 6.61 Å². The van der Waals surface area contributed by atoms with Gasteiger partial charge < -0.3 is 10.5 Å². The Kier molecular flexibility index (Phi) is 6.53. The third-order valence-electron chi connectivity index (χ3n) is 3.42. The van der Waals surface area contributed by atoms with Gasteiger partial charge in [-0.05, 0) is 48.2 Å². The zero-order valence-corrected chi connectivity index (χ0v) is 14.8. The highest BCUT2D eigenvalue weighted by atomic mass is 32.2. The Morgan fingerprint density at radius 1 is 1.09 bits per heavy atom. The number of nitrogens with two attached hydrogens (primary N) is 1. The summed E-state index contributed by atoms with van der Waals surface area (Å²) >= 11 is 1.55. The van der Waals surface area contributed by atoms with Crippen LogP contribution < -0.4 is 10.5 Å². The number of aliphatic imine (C=N–C) groups is 1. The van der Waals surface area contributed by atoms with Gasteiger partial charge in [0, 0.05) is 5.75 Å². The van der Waals surface area contributed by atoms with Crippen LogP contribution in [0, 0.1) is 0 Å². The van der Waals surface area contributed by atoms with Crippen molar-refractivity contribution < 1.29 is 4.74 Å². The van der Waals surface area contributed by atoms with Crippen molar-refractivity contribution in [2.45, 2.75) is 32.4 Å². The molecule has 0 bridgehead atoms. The predicted molar refractivity (Wildman–Crippen MR) is 101 cm³/mol. The monoisotopic (exact) mass is 328 g/mol. The average molecular weight is 328 g/mol. The summed E-state index contributed by atoms with van der Waals surface area (Å²) < 4.78 is 5.41. The van der Waals surface area contributed by atoms with Crippen molar-refractivity contribution in [3.05, 3.63) is 59.7 Å². The van der Waals surface area contributed by atoms with Gasteiger partial charge in [0.05, 0.1) is 12.3 Å². The minimum absolute atomic E-state index is 0.558. The number of amidine groups is 1. The molecule has 2 N–H and O–H groups in total. The van der Waals surface area contributed by atoms with Gasteiger partial charge in [-0.3, -0.25) is 0 Å². The second-order valence-electron chi connectivity index (χ2n) is 5.56. The van der Waals surface area contributed by atoms with Crippen molar-refractivity contribution in [3.63, 3.8) is 0 Å². The van der Waals surface area contributed by atoms with E-state index < -0.39 is 0 Å². The number of hydrogen-bond donors (Lipinski definition) is 1. The molecule has 0 atom stereocenters. The lowest BCUT2D eigenvalue weighted by Gasteiger charge is -2.07. The molecule has 122 valence electrons. The number of ether oxygens (including phenoxy) is 1. The van der Waals surface area contributed by atoms with Crippen LogP contribution in [0.2, 0.25) is 0 Å². The van der Waals surface area contributed by atoms with E-state index in [9.17, 15) is 0 Å². The number of hydrogen-bond acceptors (Lipinski definition) is 3. The Morgan fingerprint density at radius 2 is 1.74 bits per heavy atom. The summed E-state index contributed by atoms with van der Waals surface area (Å²) in [6.07, 6.45) is 0. The van der Waals surface area contributed by atoms with E-state index in [1.165, 1.54) is 11.1 Å². The predicted octanol–water partition coefficient (Wildman–Crippen LogP) is 5.09. The maximum absolute atomic E-state index is 6.01. The van der Waals surface area contributed by atoms with E-state index in [-0.39, 0.29) is 0 Å². The van der Waals surface area contributed by atoms with Crippen LogP contribution in [0.4, 0.5) is 5.69 Å². The summed E-state index contributed by atoms with van der Waals surface area (Å²) in [5, 5.41) is 0.571. The van der Waals surface area contributed by atoms with Crippen LogP contribution >= 0.6 is 11.8 Å². The van der Waals surface area contributed by atoms with Gasteiger partial charge in [-0.25, -0.2) is 4.99 Å². The standard InChI is InChI=1S/C19H24N2OS/c1-4-22-18-11-9-17(10-12-18)21-19(20)23-13-15-5-7-16(8-6-15)14(2)3/h5-12,14H,4,13H2,1-3H3,(H2,20,21). The van der Waals surface area contributed by atoms with Crippen LogP contribution in [0.15, 0.2) is 53.5 Å². The highest BCUT2D eigenvalue weighted by molar-refractivity contribution is 8.13. The first-order valence-corrected chi connectivity index (χ1v) is 8.85. The summed E-state index contributed by atoms with van der Waals surface area (Å²) in [5.74, 6) is 2.23. The van der Waals surface area contributed by atoms with Gasteiger partial charge in [-0.15, -0.1) is 0 Å². The van der Waals surface area contributed by atoms with E-state index in [1.54, 1.807) is 11.8 Å². The van der Waals surface area contributed by atoms with Crippen molar-refractivity contribution >= 4 is 22.6 Å². The maximum atomic E-state index is 6.01. The summed E-state index contributed by atoms with van der Waals surface area (Å²) in [6, 6.07) is 16.3. The molecule has 4 heteroatoms. The molecule has 0 saturated carbocycles. The molecule has 0 aromatic heterocycles. The average Bonchev–Trinajstić information content (AvgIpc) is 2.55. The fourth-order valence-electron chi connectivity index (χ4n) is 2.10. The highest BCUT2D eigenvalue weighted by Crippen LogP contribution is 2.21. The molecule has 0 radical (unpaired) electrons. The highest BCUT2D eigenvalue weighted by Gasteiger charge is 2.01. The lowest BCUT2D eigenvalue weighted by Crippen LogP contribution is -2.06. The Morgan fingerprint density at radius 3 is 2.30 bits per heavy atom. The van der Waals surface area contributed by atoms with Crippen LogP contribution in [-0.2, 0) is 5.75 Å². The molecule has 0 heterocycles. The molecule has 0 aliphatic rings. The molecule has 0 spiro atoms. The van der Waals surface area contributed by atoms with E-state index in [2.05, 4.69) is 43.1 Å². The molecule has 2 rings (SSSR count). The number of rotatable bonds is 6. The van der Waals surface area contributed by atoms with E-state index in [0.29, 0.717) is 17.7 Å². The fourth-order valence-corrected chi connectivity index (χ4v) is 2.78. The Labute approximate surface area is 143 Å². The van der Waals surface area contributed by atoms with Crippen LogP contribution in [0.25, 0.3) is 0 Å². The van der Waals surface area contributed by atoms with E-state index >= 15 is 0 Å². The summed E-state index contributed by atoms with van der Waals surface area (Å²) in [7, 11) is 0. The number of nitrogens with zero attached hydrogens (tertiary/aromatic N) is 1. The minimum Gasteiger partial charge on any atom is -0.494 e. The summed E-state index contributed by atoms with van der Waals surface area (Å²) in [4.78, 5) is 4.42. The van der Waals surface area contributed by atoms with Crippen LogP contribution in [0.5, 0.6) is 5.75 Å². The summed E-state index contributed by atoms with van der Waals surface area (Å²) in [6.45, 7) is 7.03. The fraction of sp³-hybridized carbons (Fsp3) is 0.316. The molecule has 2 aromatic carbocycles. The largest absolute Gasteiger partial charge is 0.494 e. The summed E-state index contributed by atoms with van der Waals surface area (Å²) in [5.41, 5.74) is 9.46. The minimum atomic E-state index is 0.558. The molecule has 0 amide bonds. The Hall–Kier alpha value is -1.94. The molecular formula is C19H24N2OS. The van der Waals surface area contributed by atoms with Gasteiger partial charge in [0.15, 0.2) is 5.17 Å². The number of thioether (sulfide) groups is 1. The van der Waals surface area contributed by atoms with E-state index in [0.717, 1.165) is 17.2 Å². The molecule has 2 aromatic rings. The second-order valence-corrected chi connectivity index (χ2v) is 6.56. The molecule has 0 unspecified atom stereocenters. The zero-order chi connectivity index (χ0) is 16.7.